The van der Waals surface area contributed by atoms with Crippen LogP contribution in [0, 0.1) is 0 Å². The molecule has 0 spiro atoms. The van der Waals surface area contributed by atoms with Gasteiger partial charge in [-0.3, -0.25) is 4.99 Å². The first-order valence-electron chi connectivity index (χ1n) is 7.11. The van der Waals surface area contributed by atoms with Gasteiger partial charge < -0.3 is 15.4 Å². The number of aliphatic imine (C=N–C) groups is 1. The van der Waals surface area contributed by atoms with Gasteiger partial charge in [-0.25, -0.2) is 0 Å². The van der Waals surface area contributed by atoms with Gasteiger partial charge in [-0.1, -0.05) is 17.7 Å². The highest BCUT2D eigenvalue weighted by Crippen LogP contribution is 2.10. The Hall–Kier alpha value is -1.33. The van der Waals surface area contributed by atoms with Gasteiger partial charge in [0.2, 0.25) is 0 Å². The van der Waals surface area contributed by atoms with Crippen LogP contribution in [-0.4, -0.2) is 39.3 Å². The molecule has 0 bridgehead atoms. The van der Waals surface area contributed by atoms with Gasteiger partial charge in [0.1, 0.15) is 0 Å². The minimum absolute atomic E-state index is 0.767. The molecule has 110 valence electrons. The Morgan fingerprint density at radius 2 is 2.20 bits per heavy atom. The molecule has 4 nitrogen and oxygen atoms in total. The fraction of sp³-hybridized carbons (Fsp3) is 0.533. The first-order chi connectivity index (χ1) is 9.88. The maximum Gasteiger partial charge on any atom is 0.190 e. The topological polar surface area (TPSA) is 45.7 Å². The zero-order chi connectivity index (χ0) is 14.0. The third-order valence-electron chi connectivity index (χ3n) is 3.26. The molecule has 0 fully saturated rings. The van der Waals surface area contributed by atoms with Crippen molar-refractivity contribution < 1.29 is 4.74 Å². The second-order valence-corrected chi connectivity index (χ2v) is 5.72. The molecule has 0 amide bonds. The van der Waals surface area contributed by atoms with Gasteiger partial charge in [-0.15, -0.1) is 11.3 Å². The Balaban J connectivity index is 1.61. The zero-order valence-corrected chi connectivity index (χ0v) is 12.8. The molecule has 0 aromatic carbocycles. The zero-order valence-electron chi connectivity index (χ0n) is 12.0. The van der Waals surface area contributed by atoms with E-state index in [1.165, 1.54) is 10.5 Å². The van der Waals surface area contributed by atoms with E-state index in [0.717, 1.165) is 51.5 Å². The second kappa shape index (κ2) is 8.76. The van der Waals surface area contributed by atoms with Crippen molar-refractivity contribution in [3.63, 3.8) is 0 Å². The Bertz CT molecular complexity index is 440. The van der Waals surface area contributed by atoms with E-state index in [9.17, 15) is 0 Å². The predicted octanol–water partition coefficient (Wildman–Crippen LogP) is 2.19. The van der Waals surface area contributed by atoms with Gasteiger partial charge >= 0.3 is 0 Å². The summed E-state index contributed by atoms with van der Waals surface area (Å²) in [6.07, 6.45) is 5.36. The number of hydrogen-bond donors (Lipinski definition) is 2. The average Bonchev–Trinajstić information content (AvgIpc) is 3.00. The summed E-state index contributed by atoms with van der Waals surface area (Å²) >= 11 is 1.80. The van der Waals surface area contributed by atoms with Crippen LogP contribution in [-0.2, 0) is 11.2 Å². The highest BCUT2D eigenvalue weighted by molar-refractivity contribution is 7.09. The fourth-order valence-corrected chi connectivity index (χ4v) is 2.82. The van der Waals surface area contributed by atoms with Crippen LogP contribution in [0.15, 0.2) is 34.2 Å². The highest BCUT2D eigenvalue weighted by atomic mass is 32.1. The summed E-state index contributed by atoms with van der Waals surface area (Å²) < 4.78 is 5.30. The van der Waals surface area contributed by atoms with E-state index in [4.69, 9.17) is 4.74 Å². The van der Waals surface area contributed by atoms with E-state index in [-0.39, 0.29) is 0 Å². The largest absolute Gasteiger partial charge is 0.377 e. The summed E-state index contributed by atoms with van der Waals surface area (Å²) in [7, 11) is 1.81. The molecule has 0 aliphatic carbocycles. The first kappa shape index (κ1) is 15.1. The van der Waals surface area contributed by atoms with Crippen LogP contribution in [0.2, 0.25) is 0 Å². The smallest absolute Gasteiger partial charge is 0.190 e. The summed E-state index contributed by atoms with van der Waals surface area (Å²) in [6.45, 7) is 3.46. The van der Waals surface area contributed by atoms with Gasteiger partial charge in [0.05, 0.1) is 13.2 Å². The lowest BCUT2D eigenvalue weighted by Gasteiger charge is -2.15. The number of rotatable bonds is 6. The van der Waals surface area contributed by atoms with Crippen molar-refractivity contribution in [2.45, 2.75) is 19.3 Å². The summed E-state index contributed by atoms with van der Waals surface area (Å²) in [5.74, 6) is 0.884. The van der Waals surface area contributed by atoms with Crippen molar-refractivity contribution in [1.29, 1.82) is 0 Å². The number of nitrogens with zero attached hydrogens (tertiary/aromatic N) is 1. The van der Waals surface area contributed by atoms with E-state index >= 15 is 0 Å². The first-order valence-corrected chi connectivity index (χ1v) is 7.99. The molecule has 2 N–H and O–H groups in total. The molecule has 1 aromatic heterocycles. The number of thiophene rings is 1. The Morgan fingerprint density at radius 3 is 2.85 bits per heavy atom. The van der Waals surface area contributed by atoms with Gasteiger partial charge in [-0.05, 0) is 30.7 Å². The Morgan fingerprint density at radius 1 is 1.35 bits per heavy atom. The molecule has 0 radical (unpaired) electrons. The minimum Gasteiger partial charge on any atom is -0.377 e. The maximum atomic E-state index is 5.30. The lowest BCUT2D eigenvalue weighted by atomic mass is 10.1. The molecule has 0 saturated carbocycles. The summed E-state index contributed by atoms with van der Waals surface area (Å²) in [6, 6.07) is 4.26. The number of ether oxygens (including phenoxy) is 1. The number of hydrogen-bond acceptors (Lipinski definition) is 3. The van der Waals surface area contributed by atoms with Crippen molar-refractivity contribution >= 4 is 17.3 Å². The average molecular weight is 293 g/mol. The molecule has 2 rings (SSSR count). The highest BCUT2D eigenvalue weighted by Gasteiger charge is 2.04. The van der Waals surface area contributed by atoms with Crippen LogP contribution in [0.1, 0.15) is 17.7 Å². The molecule has 0 unspecified atom stereocenters. The summed E-state index contributed by atoms with van der Waals surface area (Å²) in [4.78, 5) is 5.65. The molecule has 0 saturated heterocycles. The fourth-order valence-electron chi connectivity index (χ4n) is 2.11. The Kier molecular flexibility index (Phi) is 6.60. The molecular weight excluding hydrogens is 270 g/mol. The van der Waals surface area contributed by atoms with Crippen molar-refractivity contribution in [1.82, 2.24) is 10.6 Å². The number of nitrogens with one attached hydrogen (secondary N) is 2. The third kappa shape index (κ3) is 5.35. The van der Waals surface area contributed by atoms with E-state index < -0.39 is 0 Å². The van der Waals surface area contributed by atoms with Gasteiger partial charge in [0, 0.05) is 25.0 Å². The van der Waals surface area contributed by atoms with Crippen LogP contribution in [0.3, 0.4) is 0 Å². The summed E-state index contributed by atoms with van der Waals surface area (Å²) in [5, 5.41) is 8.82. The van der Waals surface area contributed by atoms with E-state index in [0.29, 0.717) is 0 Å². The van der Waals surface area contributed by atoms with E-state index in [2.05, 4.69) is 39.2 Å². The molecule has 5 heteroatoms. The summed E-state index contributed by atoms with van der Waals surface area (Å²) in [5.41, 5.74) is 1.48. The molecule has 0 atom stereocenters. The maximum absolute atomic E-state index is 5.30. The standard InChI is InChI=1S/C15H23N3OS/c1-16-15(18-9-5-14-3-2-12-20-14)17-8-4-13-6-10-19-11-7-13/h2-3,6,12H,4-5,7-11H2,1H3,(H2,16,17,18). The monoisotopic (exact) mass is 293 g/mol. The van der Waals surface area contributed by atoms with Crippen LogP contribution in [0.4, 0.5) is 0 Å². The number of guanidine groups is 1. The SMILES string of the molecule is CN=C(NCCC1=CCOCC1)NCCc1cccs1. The Labute approximate surface area is 124 Å². The lowest BCUT2D eigenvalue weighted by Crippen LogP contribution is -2.38. The van der Waals surface area contributed by atoms with Crippen molar-refractivity contribution in [2.75, 3.05) is 33.4 Å². The van der Waals surface area contributed by atoms with Crippen LogP contribution in [0.25, 0.3) is 0 Å². The quantitative estimate of drug-likeness (QED) is 0.480. The van der Waals surface area contributed by atoms with Gasteiger partial charge in [-0.2, -0.15) is 0 Å². The van der Waals surface area contributed by atoms with Crippen molar-refractivity contribution in [2.24, 2.45) is 4.99 Å². The normalized spacial score (nSPS) is 15.8. The van der Waals surface area contributed by atoms with Crippen LogP contribution < -0.4 is 10.6 Å². The molecule has 1 aromatic rings. The van der Waals surface area contributed by atoms with Crippen LogP contribution >= 0.6 is 11.3 Å². The molecule has 1 aliphatic rings. The minimum atomic E-state index is 0.767. The second-order valence-electron chi connectivity index (χ2n) is 4.69. The van der Waals surface area contributed by atoms with E-state index in [1.807, 2.05) is 7.05 Å². The predicted molar refractivity (Wildman–Crippen MR) is 85.5 cm³/mol. The molecular formula is C15H23N3OS. The van der Waals surface area contributed by atoms with Crippen molar-refractivity contribution in [3.05, 3.63) is 34.0 Å². The molecule has 2 heterocycles. The van der Waals surface area contributed by atoms with E-state index in [1.54, 1.807) is 11.3 Å². The van der Waals surface area contributed by atoms with Gasteiger partial charge in [0.15, 0.2) is 5.96 Å². The van der Waals surface area contributed by atoms with Gasteiger partial charge in [0.25, 0.3) is 0 Å². The lowest BCUT2D eigenvalue weighted by molar-refractivity contribution is 0.153. The van der Waals surface area contributed by atoms with Crippen LogP contribution in [0.5, 0.6) is 0 Å². The third-order valence-corrected chi connectivity index (χ3v) is 4.20. The molecule has 1 aliphatic heterocycles. The van der Waals surface area contributed by atoms with Crippen molar-refractivity contribution in [3.8, 4) is 0 Å². The molecule has 20 heavy (non-hydrogen) atoms.